The zero-order chi connectivity index (χ0) is 15.2. The predicted octanol–water partition coefficient (Wildman–Crippen LogP) is 2.30. The van der Waals surface area contributed by atoms with E-state index in [1.807, 2.05) is 13.0 Å². The molecular formula is C14H17N5OS. The first-order chi connectivity index (χ1) is 9.83. The summed E-state index contributed by atoms with van der Waals surface area (Å²) in [5.41, 5.74) is -0.0900. The van der Waals surface area contributed by atoms with E-state index in [2.05, 4.69) is 45.9 Å². The van der Waals surface area contributed by atoms with E-state index >= 15 is 0 Å². The van der Waals surface area contributed by atoms with Crippen LogP contribution in [0.3, 0.4) is 0 Å². The first-order valence-electron chi connectivity index (χ1n) is 6.74. The summed E-state index contributed by atoms with van der Waals surface area (Å²) in [6.45, 7) is 8.22. The topological polar surface area (TPSA) is 87.3 Å². The summed E-state index contributed by atoms with van der Waals surface area (Å²) < 4.78 is 0. The van der Waals surface area contributed by atoms with Gasteiger partial charge in [0.2, 0.25) is 0 Å². The highest BCUT2D eigenvalue weighted by molar-refractivity contribution is 7.18. The summed E-state index contributed by atoms with van der Waals surface area (Å²) in [5, 5.41) is 7.51. The van der Waals surface area contributed by atoms with Gasteiger partial charge in [-0.25, -0.2) is 9.97 Å². The molecule has 0 saturated carbocycles. The predicted molar refractivity (Wildman–Crippen MR) is 82.9 cm³/mol. The average Bonchev–Trinajstić information content (AvgIpc) is 2.95. The van der Waals surface area contributed by atoms with Crippen LogP contribution in [0.2, 0.25) is 0 Å². The molecule has 0 aliphatic rings. The summed E-state index contributed by atoms with van der Waals surface area (Å²) >= 11 is 1.57. The first kappa shape index (κ1) is 13.9. The number of rotatable bonds is 2. The molecule has 0 unspecified atom stereocenters. The lowest BCUT2D eigenvalue weighted by Gasteiger charge is -2.14. The van der Waals surface area contributed by atoms with Crippen LogP contribution in [0.15, 0.2) is 10.9 Å². The maximum Gasteiger partial charge on any atom is 0.259 e. The molecule has 0 aliphatic carbocycles. The SMILES string of the molecule is Cc1nc(Cc2nc3sc(C(C)(C)C)cc3c(=O)[nH]2)n[nH]1. The van der Waals surface area contributed by atoms with Gasteiger partial charge in [-0.3, -0.25) is 9.89 Å². The third kappa shape index (κ3) is 2.73. The Morgan fingerprint density at radius 1 is 1.29 bits per heavy atom. The summed E-state index contributed by atoms with van der Waals surface area (Å²) in [6, 6.07) is 1.94. The molecule has 3 heterocycles. The second-order valence-electron chi connectivity index (χ2n) is 6.11. The molecular weight excluding hydrogens is 286 g/mol. The molecule has 0 aliphatic heterocycles. The van der Waals surface area contributed by atoms with Crippen LogP contribution in [-0.2, 0) is 11.8 Å². The highest BCUT2D eigenvalue weighted by atomic mass is 32.1. The molecule has 2 N–H and O–H groups in total. The number of hydrogen-bond donors (Lipinski definition) is 2. The first-order valence-corrected chi connectivity index (χ1v) is 7.55. The van der Waals surface area contributed by atoms with Gasteiger partial charge in [0.05, 0.1) is 11.8 Å². The van der Waals surface area contributed by atoms with Crippen molar-refractivity contribution in [1.29, 1.82) is 0 Å². The van der Waals surface area contributed by atoms with Gasteiger partial charge in [0.25, 0.3) is 5.56 Å². The Morgan fingerprint density at radius 2 is 2.05 bits per heavy atom. The quantitative estimate of drug-likeness (QED) is 0.760. The Kier molecular flexibility index (Phi) is 3.16. The Labute approximate surface area is 125 Å². The largest absolute Gasteiger partial charge is 0.310 e. The Balaban J connectivity index is 2.04. The lowest BCUT2D eigenvalue weighted by molar-refractivity contribution is 0.604. The van der Waals surface area contributed by atoms with Crippen molar-refractivity contribution in [3.63, 3.8) is 0 Å². The van der Waals surface area contributed by atoms with Gasteiger partial charge >= 0.3 is 0 Å². The van der Waals surface area contributed by atoms with Crippen LogP contribution < -0.4 is 5.56 Å². The number of thiophene rings is 1. The van der Waals surface area contributed by atoms with Crippen LogP contribution in [0.5, 0.6) is 0 Å². The van der Waals surface area contributed by atoms with Crippen molar-refractivity contribution in [1.82, 2.24) is 25.1 Å². The molecule has 0 saturated heterocycles. The number of fused-ring (bicyclic) bond motifs is 1. The van der Waals surface area contributed by atoms with E-state index in [4.69, 9.17) is 0 Å². The van der Waals surface area contributed by atoms with Crippen molar-refractivity contribution < 1.29 is 0 Å². The molecule has 0 bridgehead atoms. The van der Waals surface area contributed by atoms with Gasteiger partial charge in [0.1, 0.15) is 16.5 Å². The highest BCUT2D eigenvalue weighted by Gasteiger charge is 2.19. The van der Waals surface area contributed by atoms with E-state index < -0.39 is 0 Å². The van der Waals surface area contributed by atoms with Gasteiger partial charge in [0.15, 0.2) is 5.82 Å². The van der Waals surface area contributed by atoms with Crippen molar-refractivity contribution in [2.24, 2.45) is 0 Å². The van der Waals surface area contributed by atoms with E-state index in [1.165, 1.54) is 0 Å². The van der Waals surface area contributed by atoms with Crippen molar-refractivity contribution >= 4 is 21.6 Å². The molecule has 0 amide bonds. The normalized spacial score (nSPS) is 12.2. The monoisotopic (exact) mass is 303 g/mol. The molecule has 7 heteroatoms. The molecule has 3 rings (SSSR count). The fourth-order valence-corrected chi connectivity index (χ4v) is 3.16. The van der Waals surface area contributed by atoms with E-state index in [0.717, 1.165) is 15.5 Å². The van der Waals surface area contributed by atoms with Crippen LogP contribution >= 0.6 is 11.3 Å². The molecule has 110 valence electrons. The smallest absolute Gasteiger partial charge is 0.259 e. The summed E-state index contributed by atoms with van der Waals surface area (Å²) in [5.74, 6) is 1.97. The van der Waals surface area contributed by atoms with Crippen LogP contribution in [0.25, 0.3) is 10.2 Å². The van der Waals surface area contributed by atoms with Gasteiger partial charge in [0, 0.05) is 4.88 Å². The standard InChI is InChI=1S/C14H17N5OS/c1-7-15-11(19-18-7)6-10-16-12(20)8-5-9(14(2,3)4)21-13(8)17-10/h5H,6H2,1-4H3,(H,15,18,19)(H,16,17,20). The Hall–Kier alpha value is -2.02. The lowest BCUT2D eigenvalue weighted by atomic mass is 9.94. The number of aromatic nitrogens is 5. The molecule has 0 fully saturated rings. The minimum atomic E-state index is -0.103. The molecule has 0 atom stereocenters. The zero-order valence-corrected chi connectivity index (χ0v) is 13.3. The average molecular weight is 303 g/mol. The number of hydrogen-bond acceptors (Lipinski definition) is 5. The minimum Gasteiger partial charge on any atom is -0.310 e. The van der Waals surface area contributed by atoms with Gasteiger partial charge < -0.3 is 4.98 Å². The molecule has 21 heavy (non-hydrogen) atoms. The van der Waals surface area contributed by atoms with E-state index in [1.54, 1.807) is 11.3 Å². The second kappa shape index (κ2) is 4.77. The van der Waals surface area contributed by atoms with Crippen molar-refractivity contribution in [2.75, 3.05) is 0 Å². The molecule has 3 aromatic heterocycles. The number of nitrogens with one attached hydrogen (secondary N) is 2. The third-order valence-corrected chi connectivity index (χ3v) is 4.61. The van der Waals surface area contributed by atoms with E-state index in [9.17, 15) is 4.79 Å². The second-order valence-corrected chi connectivity index (χ2v) is 7.14. The zero-order valence-electron chi connectivity index (χ0n) is 12.4. The van der Waals surface area contributed by atoms with Crippen molar-refractivity contribution in [3.05, 3.63) is 38.8 Å². The number of aromatic amines is 2. The Morgan fingerprint density at radius 3 is 2.67 bits per heavy atom. The van der Waals surface area contributed by atoms with Crippen LogP contribution in [-0.4, -0.2) is 25.1 Å². The third-order valence-electron chi connectivity index (χ3n) is 3.16. The number of H-pyrrole nitrogens is 2. The van der Waals surface area contributed by atoms with Gasteiger partial charge in [-0.1, -0.05) is 20.8 Å². The maximum atomic E-state index is 12.2. The summed E-state index contributed by atoms with van der Waals surface area (Å²) in [6.07, 6.45) is 0.415. The fraction of sp³-hybridized carbons (Fsp3) is 0.429. The minimum absolute atomic E-state index is 0.0127. The van der Waals surface area contributed by atoms with Crippen LogP contribution in [0.4, 0.5) is 0 Å². The van der Waals surface area contributed by atoms with Crippen molar-refractivity contribution in [2.45, 2.75) is 39.5 Å². The summed E-state index contributed by atoms with van der Waals surface area (Å²) in [4.78, 5) is 25.7. The van der Waals surface area contributed by atoms with Gasteiger partial charge in [-0.2, -0.15) is 5.10 Å². The number of nitrogens with zero attached hydrogens (tertiary/aromatic N) is 3. The highest BCUT2D eigenvalue weighted by Crippen LogP contribution is 2.31. The van der Waals surface area contributed by atoms with E-state index in [0.29, 0.717) is 23.5 Å². The Bertz CT molecular complexity index is 852. The molecule has 0 radical (unpaired) electrons. The summed E-state index contributed by atoms with van der Waals surface area (Å²) in [7, 11) is 0. The molecule has 0 aromatic carbocycles. The molecule has 3 aromatic rings. The lowest BCUT2D eigenvalue weighted by Crippen LogP contribution is -2.11. The van der Waals surface area contributed by atoms with Gasteiger partial charge in [-0.15, -0.1) is 11.3 Å². The van der Waals surface area contributed by atoms with Gasteiger partial charge in [-0.05, 0) is 18.4 Å². The van der Waals surface area contributed by atoms with Crippen LogP contribution in [0.1, 0.15) is 43.1 Å². The van der Waals surface area contributed by atoms with Crippen molar-refractivity contribution in [3.8, 4) is 0 Å². The maximum absolute atomic E-state index is 12.2. The molecule has 6 nitrogen and oxygen atoms in total. The molecule has 0 spiro atoms. The number of aryl methyl sites for hydroxylation is 1. The van der Waals surface area contributed by atoms with E-state index in [-0.39, 0.29) is 11.0 Å². The van der Waals surface area contributed by atoms with Crippen LogP contribution in [0, 0.1) is 6.92 Å². The fourth-order valence-electron chi connectivity index (χ4n) is 2.05.